The van der Waals surface area contributed by atoms with E-state index in [9.17, 15) is 34.6 Å². The molecule has 5 N–H and O–H groups in total. The number of rotatable bonds is 13. The van der Waals surface area contributed by atoms with Gasteiger partial charge >= 0.3 is 5.97 Å². The Labute approximate surface area is 150 Å². The number of nitrogens with one attached hydrogen (secondary N) is 2. The topological polar surface area (TPSA) is 239 Å². The SMILES string of the molecule is CC(=NNC(=O)CC[C@H](N)C(=O)O)C(=O)NC[C@H](CO[N+](=O)[O-])O[N+](=O)[O-]. The fourth-order valence-electron chi connectivity index (χ4n) is 1.39. The number of carboxylic acids is 1. The summed E-state index contributed by atoms with van der Waals surface area (Å²) in [6.07, 6.45) is -1.84. The first-order chi connectivity index (χ1) is 12.5. The molecule has 0 saturated carbocycles. The number of hydrogen-bond acceptors (Lipinski definition) is 11. The van der Waals surface area contributed by atoms with Crippen molar-refractivity contribution in [3.8, 4) is 0 Å². The van der Waals surface area contributed by atoms with Crippen LogP contribution in [0.5, 0.6) is 0 Å². The number of hydrogen-bond donors (Lipinski definition) is 4. The molecule has 0 saturated heterocycles. The number of nitrogens with zero attached hydrogens (tertiary/aromatic N) is 3. The summed E-state index contributed by atoms with van der Waals surface area (Å²) < 4.78 is 0. The van der Waals surface area contributed by atoms with Crippen molar-refractivity contribution in [1.29, 1.82) is 0 Å². The third kappa shape index (κ3) is 11.6. The second kappa shape index (κ2) is 11.9. The minimum absolute atomic E-state index is 0.141. The molecular formula is C11H18N6O10. The van der Waals surface area contributed by atoms with Crippen molar-refractivity contribution in [1.82, 2.24) is 10.7 Å². The first kappa shape index (κ1) is 23.4. The number of carbonyl (C=O) groups excluding carboxylic acids is 2. The zero-order valence-corrected chi connectivity index (χ0v) is 14.0. The van der Waals surface area contributed by atoms with Crippen LogP contribution in [0, 0.1) is 20.2 Å². The van der Waals surface area contributed by atoms with E-state index in [4.69, 9.17) is 10.8 Å². The summed E-state index contributed by atoms with van der Waals surface area (Å²) in [6, 6.07) is -1.22. The van der Waals surface area contributed by atoms with Gasteiger partial charge in [0.05, 0.1) is 0 Å². The Bertz CT molecular complexity index is 608. The van der Waals surface area contributed by atoms with Gasteiger partial charge in [-0.25, -0.2) is 5.43 Å². The Morgan fingerprint density at radius 2 is 1.89 bits per heavy atom. The summed E-state index contributed by atoms with van der Waals surface area (Å²) in [6.45, 7) is -0.109. The van der Waals surface area contributed by atoms with Crippen LogP contribution >= 0.6 is 0 Å². The van der Waals surface area contributed by atoms with E-state index in [-0.39, 0.29) is 18.6 Å². The Balaban J connectivity index is 4.45. The molecule has 0 unspecified atom stereocenters. The van der Waals surface area contributed by atoms with Crippen molar-refractivity contribution >= 4 is 23.5 Å². The van der Waals surface area contributed by atoms with E-state index in [1.807, 2.05) is 5.43 Å². The smallest absolute Gasteiger partial charge is 0.320 e. The molecule has 2 amide bonds. The maximum absolute atomic E-state index is 11.7. The van der Waals surface area contributed by atoms with Gasteiger partial charge in [0.2, 0.25) is 5.91 Å². The van der Waals surface area contributed by atoms with E-state index in [0.29, 0.717) is 0 Å². The zero-order chi connectivity index (χ0) is 21.0. The number of nitrogens with two attached hydrogens (primary N) is 1. The molecule has 2 atom stereocenters. The fourth-order valence-corrected chi connectivity index (χ4v) is 1.39. The first-order valence-corrected chi connectivity index (χ1v) is 7.21. The van der Waals surface area contributed by atoms with Crippen molar-refractivity contribution < 1.29 is 39.3 Å². The Morgan fingerprint density at radius 1 is 1.26 bits per heavy atom. The van der Waals surface area contributed by atoms with Gasteiger partial charge in [-0.1, -0.05) is 0 Å². The van der Waals surface area contributed by atoms with Gasteiger partial charge in [0.1, 0.15) is 24.5 Å². The molecule has 27 heavy (non-hydrogen) atoms. The predicted molar refractivity (Wildman–Crippen MR) is 83.9 cm³/mol. The highest BCUT2D eigenvalue weighted by atomic mass is 17.0. The summed E-state index contributed by atoms with van der Waals surface area (Å²) in [5.74, 6) is -2.81. The summed E-state index contributed by atoms with van der Waals surface area (Å²) >= 11 is 0. The van der Waals surface area contributed by atoms with Crippen molar-refractivity contribution in [2.75, 3.05) is 13.2 Å². The monoisotopic (exact) mass is 394 g/mol. The van der Waals surface area contributed by atoms with E-state index in [0.717, 1.165) is 0 Å². The van der Waals surface area contributed by atoms with Crippen LogP contribution in [0.3, 0.4) is 0 Å². The standard InChI is InChI=1S/C11H18N6O10/c1-6(14-15-9(18)3-2-8(12)11(20)21)10(19)13-4-7(27-17(24)25)5-26-16(22)23/h7-8H,2-5,12H2,1H3,(H,13,19)(H,15,18)(H,20,21)/t7-,8+/m1/s1. The fraction of sp³-hybridized carbons (Fsp3) is 0.636. The van der Waals surface area contributed by atoms with Gasteiger partial charge in [-0.3, -0.25) is 14.4 Å². The Hall–Kier alpha value is -3.56. The van der Waals surface area contributed by atoms with Gasteiger partial charge in [-0.2, -0.15) is 5.10 Å². The average molecular weight is 394 g/mol. The summed E-state index contributed by atoms with van der Waals surface area (Å²) in [5, 5.41) is 32.2. The van der Waals surface area contributed by atoms with E-state index < -0.39 is 53.3 Å². The highest BCUT2D eigenvalue weighted by Crippen LogP contribution is 1.96. The molecule has 152 valence electrons. The molecule has 0 fully saturated rings. The lowest BCUT2D eigenvalue weighted by atomic mass is 10.2. The number of hydrazone groups is 1. The Morgan fingerprint density at radius 3 is 2.41 bits per heavy atom. The van der Waals surface area contributed by atoms with Gasteiger partial charge in [0.15, 0.2) is 0 Å². The molecule has 0 aromatic carbocycles. The average Bonchev–Trinajstić information content (AvgIpc) is 2.58. The van der Waals surface area contributed by atoms with Crippen molar-refractivity contribution in [2.45, 2.75) is 31.9 Å². The number of carboxylic acid groups (broad SMARTS) is 1. The van der Waals surface area contributed by atoms with Crippen LogP contribution in [0.4, 0.5) is 0 Å². The third-order valence-corrected chi connectivity index (χ3v) is 2.77. The van der Waals surface area contributed by atoms with E-state index in [1.54, 1.807) is 0 Å². The lowest BCUT2D eigenvalue weighted by molar-refractivity contribution is -0.789. The van der Waals surface area contributed by atoms with Crippen LogP contribution in [-0.4, -0.2) is 64.1 Å². The molecule has 16 nitrogen and oxygen atoms in total. The molecule has 0 aliphatic heterocycles. The molecule has 0 bridgehead atoms. The molecular weight excluding hydrogens is 376 g/mol. The molecule has 0 aliphatic rings. The lowest BCUT2D eigenvalue weighted by Gasteiger charge is -2.14. The molecule has 0 radical (unpaired) electrons. The number of amides is 2. The van der Waals surface area contributed by atoms with E-state index in [2.05, 4.69) is 20.1 Å². The zero-order valence-electron chi connectivity index (χ0n) is 14.0. The van der Waals surface area contributed by atoms with Gasteiger partial charge < -0.3 is 25.8 Å². The van der Waals surface area contributed by atoms with Crippen molar-refractivity contribution in [3.63, 3.8) is 0 Å². The van der Waals surface area contributed by atoms with Gasteiger partial charge in [-0.15, -0.1) is 20.2 Å². The second-order valence-corrected chi connectivity index (χ2v) is 4.90. The summed E-state index contributed by atoms with van der Waals surface area (Å²) in [5.41, 5.74) is 6.98. The molecule has 0 spiro atoms. The van der Waals surface area contributed by atoms with E-state index >= 15 is 0 Å². The lowest BCUT2D eigenvalue weighted by Crippen LogP contribution is -2.40. The highest BCUT2D eigenvalue weighted by molar-refractivity contribution is 6.37. The first-order valence-electron chi connectivity index (χ1n) is 7.21. The number of carbonyl (C=O) groups is 3. The molecule has 0 aromatic heterocycles. The van der Waals surface area contributed by atoms with Crippen LogP contribution in [0.15, 0.2) is 5.10 Å². The van der Waals surface area contributed by atoms with Gasteiger partial charge in [-0.05, 0) is 13.3 Å². The van der Waals surface area contributed by atoms with Crippen LogP contribution in [0.1, 0.15) is 19.8 Å². The Kier molecular flexibility index (Phi) is 10.3. The summed E-state index contributed by atoms with van der Waals surface area (Å²) in [7, 11) is 0. The maximum atomic E-state index is 11.7. The summed E-state index contributed by atoms with van der Waals surface area (Å²) in [4.78, 5) is 62.1. The maximum Gasteiger partial charge on any atom is 0.320 e. The molecule has 0 aromatic rings. The molecule has 0 heterocycles. The van der Waals surface area contributed by atoms with E-state index in [1.165, 1.54) is 6.92 Å². The predicted octanol–water partition coefficient (Wildman–Crippen LogP) is -2.43. The normalized spacial score (nSPS) is 13.0. The van der Waals surface area contributed by atoms with Crippen LogP contribution in [0.2, 0.25) is 0 Å². The minimum Gasteiger partial charge on any atom is -0.480 e. The van der Waals surface area contributed by atoms with Crippen LogP contribution in [0.25, 0.3) is 0 Å². The quantitative estimate of drug-likeness (QED) is 0.145. The third-order valence-electron chi connectivity index (χ3n) is 2.77. The van der Waals surface area contributed by atoms with Crippen molar-refractivity contribution in [2.24, 2.45) is 10.8 Å². The van der Waals surface area contributed by atoms with Gasteiger partial charge in [0, 0.05) is 13.0 Å². The van der Waals surface area contributed by atoms with Gasteiger partial charge in [0.25, 0.3) is 16.1 Å². The molecule has 0 rings (SSSR count). The second-order valence-electron chi connectivity index (χ2n) is 4.90. The minimum atomic E-state index is -1.45. The molecule has 0 aliphatic carbocycles. The number of aliphatic carboxylic acids is 1. The van der Waals surface area contributed by atoms with Crippen molar-refractivity contribution in [3.05, 3.63) is 20.2 Å². The van der Waals surface area contributed by atoms with Crippen LogP contribution < -0.4 is 16.5 Å². The molecule has 16 heteroatoms. The largest absolute Gasteiger partial charge is 0.480 e. The van der Waals surface area contributed by atoms with Crippen LogP contribution in [-0.2, 0) is 24.1 Å². The highest BCUT2D eigenvalue weighted by Gasteiger charge is 2.18.